The summed E-state index contributed by atoms with van der Waals surface area (Å²) in [5.41, 5.74) is 0.843. The number of piperazine rings is 1. The molecule has 0 N–H and O–H groups in total. The van der Waals surface area contributed by atoms with Gasteiger partial charge in [0.25, 0.3) is 0 Å². The van der Waals surface area contributed by atoms with Gasteiger partial charge >= 0.3 is 0 Å². The summed E-state index contributed by atoms with van der Waals surface area (Å²) in [7, 11) is 1.84. The van der Waals surface area contributed by atoms with Crippen molar-refractivity contribution in [2.24, 2.45) is 7.05 Å². The third-order valence-electron chi connectivity index (χ3n) is 3.65. The molecule has 1 saturated heterocycles. The Morgan fingerprint density at radius 3 is 2.91 bits per heavy atom. The molecule has 3 rings (SSSR count). The van der Waals surface area contributed by atoms with E-state index in [0.717, 1.165) is 30.9 Å². The first-order chi connectivity index (χ1) is 10.7. The van der Waals surface area contributed by atoms with Crippen LogP contribution < -0.4 is 4.90 Å². The highest BCUT2D eigenvalue weighted by Gasteiger charge is 2.26. The molecule has 0 aromatic carbocycles. The fourth-order valence-corrected chi connectivity index (χ4v) is 2.55. The number of amides is 1. The van der Waals surface area contributed by atoms with Crippen molar-refractivity contribution < 1.29 is 9.32 Å². The number of carbonyl (C=O) groups excluding carboxylic acids is 1. The lowest BCUT2D eigenvalue weighted by Gasteiger charge is -2.32. The van der Waals surface area contributed by atoms with Gasteiger partial charge in [-0.1, -0.05) is 12.1 Å². The van der Waals surface area contributed by atoms with Crippen LogP contribution >= 0.6 is 0 Å². The van der Waals surface area contributed by atoms with Crippen molar-refractivity contribution in [3.63, 3.8) is 0 Å². The van der Waals surface area contributed by atoms with Crippen LogP contribution in [0.2, 0.25) is 0 Å². The van der Waals surface area contributed by atoms with Gasteiger partial charge in [0.15, 0.2) is 5.82 Å². The van der Waals surface area contributed by atoms with E-state index < -0.39 is 0 Å². The van der Waals surface area contributed by atoms with Crippen LogP contribution in [0.5, 0.6) is 0 Å². The average molecular weight is 304 g/mol. The van der Waals surface area contributed by atoms with Crippen molar-refractivity contribution in [2.45, 2.75) is 26.3 Å². The highest BCUT2D eigenvalue weighted by atomic mass is 16.5. The minimum atomic E-state index is 0.0625. The summed E-state index contributed by atoms with van der Waals surface area (Å²) in [4.78, 5) is 20.4. The zero-order valence-electron chi connectivity index (χ0n) is 12.9. The maximum absolute atomic E-state index is 12.3. The van der Waals surface area contributed by atoms with E-state index in [9.17, 15) is 4.79 Å². The van der Waals surface area contributed by atoms with Gasteiger partial charge < -0.3 is 9.42 Å². The fraction of sp³-hybridized carbons (Fsp3) is 0.571. The van der Waals surface area contributed by atoms with Crippen molar-refractivity contribution in [1.29, 1.82) is 0 Å². The summed E-state index contributed by atoms with van der Waals surface area (Å²) in [6, 6.07) is 0. The Kier molecular flexibility index (Phi) is 4.19. The van der Waals surface area contributed by atoms with Crippen LogP contribution in [0, 0.1) is 0 Å². The largest absolute Gasteiger partial charge is 0.338 e. The first-order valence-electron chi connectivity index (χ1n) is 7.48. The van der Waals surface area contributed by atoms with E-state index in [2.05, 4.69) is 22.2 Å². The van der Waals surface area contributed by atoms with Gasteiger partial charge in [-0.25, -0.2) is 0 Å². The molecule has 0 bridgehead atoms. The van der Waals surface area contributed by atoms with Gasteiger partial charge in [0.2, 0.25) is 11.8 Å². The molecular formula is C14H20N6O2. The third-order valence-corrected chi connectivity index (χ3v) is 3.65. The molecule has 0 radical (unpaired) electrons. The number of hydrogen-bond acceptors (Lipinski definition) is 6. The molecule has 0 atom stereocenters. The van der Waals surface area contributed by atoms with E-state index in [-0.39, 0.29) is 5.91 Å². The van der Waals surface area contributed by atoms with E-state index in [1.165, 1.54) is 0 Å². The second-order valence-corrected chi connectivity index (χ2v) is 5.48. The Labute approximate surface area is 128 Å². The summed E-state index contributed by atoms with van der Waals surface area (Å²) in [5.74, 6) is 1.37. The van der Waals surface area contributed by atoms with Crippen molar-refractivity contribution in [2.75, 3.05) is 24.5 Å². The zero-order valence-corrected chi connectivity index (χ0v) is 12.9. The van der Waals surface area contributed by atoms with Crippen LogP contribution in [-0.4, -0.2) is 50.4 Å². The minimum Gasteiger partial charge on any atom is -0.338 e. The van der Waals surface area contributed by atoms with E-state index >= 15 is 0 Å². The van der Waals surface area contributed by atoms with Crippen LogP contribution in [0.15, 0.2) is 16.9 Å². The minimum absolute atomic E-state index is 0.0625. The molecule has 118 valence electrons. The first-order valence-corrected chi connectivity index (χ1v) is 7.48. The lowest BCUT2D eigenvalue weighted by molar-refractivity contribution is -0.121. The van der Waals surface area contributed by atoms with E-state index in [0.29, 0.717) is 25.5 Å². The standard InChI is InChI=1S/C14H20N6O2/c1-3-4-12-16-13(22-17-12)9-19-5-6-20(14(21)10-19)11-7-15-18(2)8-11/h7-8H,3-6,9-10H2,1-2H3. The van der Waals surface area contributed by atoms with Gasteiger partial charge in [-0.2, -0.15) is 10.1 Å². The van der Waals surface area contributed by atoms with Gasteiger partial charge in [0.1, 0.15) is 0 Å². The van der Waals surface area contributed by atoms with Crippen molar-refractivity contribution >= 4 is 11.6 Å². The number of carbonyl (C=O) groups is 1. The van der Waals surface area contributed by atoms with E-state index in [1.807, 2.05) is 18.1 Å². The molecule has 0 unspecified atom stereocenters. The summed E-state index contributed by atoms with van der Waals surface area (Å²) in [6.45, 7) is 4.35. The Morgan fingerprint density at radius 1 is 1.36 bits per heavy atom. The molecule has 3 heterocycles. The number of rotatable bonds is 5. The predicted molar refractivity (Wildman–Crippen MR) is 79.1 cm³/mol. The Hall–Kier alpha value is -2.22. The summed E-state index contributed by atoms with van der Waals surface area (Å²) < 4.78 is 6.93. The fourth-order valence-electron chi connectivity index (χ4n) is 2.55. The Balaban J connectivity index is 1.58. The summed E-state index contributed by atoms with van der Waals surface area (Å²) in [6.07, 6.45) is 5.36. The van der Waals surface area contributed by atoms with Gasteiger partial charge in [-0.3, -0.25) is 14.4 Å². The normalized spacial score (nSPS) is 16.5. The van der Waals surface area contributed by atoms with E-state index in [4.69, 9.17) is 4.52 Å². The first kappa shape index (κ1) is 14.7. The molecule has 0 saturated carbocycles. The van der Waals surface area contributed by atoms with Crippen LogP contribution in [0.4, 0.5) is 5.69 Å². The second-order valence-electron chi connectivity index (χ2n) is 5.48. The van der Waals surface area contributed by atoms with Crippen molar-refractivity contribution in [3.05, 3.63) is 24.1 Å². The molecule has 1 aliphatic heterocycles. The quantitative estimate of drug-likeness (QED) is 0.805. The molecule has 8 heteroatoms. The van der Waals surface area contributed by atoms with Gasteiger partial charge in [0.05, 0.1) is 25.0 Å². The maximum atomic E-state index is 12.3. The smallest absolute Gasteiger partial charge is 0.241 e. The Bertz CT molecular complexity index is 649. The number of aryl methyl sites for hydroxylation is 2. The monoisotopic (exact) mass is 304 g/mol. The number of hydrogen-bond donors (Lipinski definition) is 0. The maximum Gasteiger partial charge on any atom is 0.241 e. The average Bonchev–Trinajstić information content (AvgIpc) is 3.09. The molecular weight excluding hydrogens is 284 g/mol. The SMILES string of the molecule is CCCc1noc(CN2CCN(c3cnn(C)c3)C(=O)C2)n1. The second kappa shape index (κ2) is 6.27. The number of aromatic nitrogens is 4. The zero-order chi connectivity index (χ0) is 15.5. The molecule has 2 aromatic heterocycles. The van der Waals surface area contributed by atoms with E-state index in [1.54, 1.807) is 15.8 Å². The van der Waals surface area contributed by atoms with Crippen molar-refractivity contribution in [1.82, 2.24) is 24.8 Å². The molecule has 1 fully saturated rings. The lowest BCUT2D eigenvalue weighted by Crippen LogP contribution is -2.50. The van der Waals surface area contributed by atoms with Gasteiger partial charge in [-0.05, 0) is 6.42 Å². The predicted octanol–water partition coefficient (Wildman–Crippen LogP) is 0.604. The lowest BCUT2D eigenvalue weighted by atomic mass is 10.3. The molecule has 2 aromatic rings. The number of anilines is 1. The molecule has 1 amide bonds. The number of nitrogens with zero attached hydrogens (tertiary/aromatic N) is 6. The van der Waals surface area contributed by atoms with Crippen molar-refractivity contribution in [3.8, 4) is 0 Å². The van der Waals surface area contributed by atoms with Crippen LogP contribution in [0.25, 0.3) is 0 Å². The molecule has 0 aliphatic carbocycles. The summed E-state index contributed by atoms with van der Waals surface area (Å²) in [5, 5.41) is 8.05. The summed E-state index contributed by atoms with van der Waals surface area (Å²) >= 11 is 0. The topological polar surface area (TPSA) is 80.3 Å². The highest BCUT2D eigenvalue weighted by Crippen LogP contribution is 2.17. The van der Waals surface area contributed by atoms with Crippen LogP contribution in [-0.2, 0) is 24.8 Å². The molecule has 1 aliphatic rings. The van der Waals surface area contributed by atoms with Crippen LogP contribution in [0.3, 0.4) is 0 Å². The third kappa shape index (κ3) is 3.16. The highest BCUT2D eigenvalue weighted by molar-refractivity contribution is 5.95. The van der Waals surface area contributed by atoms with Crippen LogP contribution in [0.1, 0.15) is 25.1 Å². The molecule has 22 heavy (non-hydrogen) atoms. The van der Waals surface area contributed by atoms with Gasteiger partial charge in [0, 0.05) is 32.8 Å². The van der Waals surface area contributed by atoms with Gasteiger partial charge in [-0.15, -0.1) is 0 Å². The molecule has 8 nitrogen and oxygen atoms in total. The molecule has 0 spiro atoms. The Morgan fingerprint density at radius 2 is 2.23 bits per heavy atom.